The highest BCUT2D eigenvalue weighted by Crippen LogP contribution is 2.31. The van der Waals surface area contributed by atoms with Gasteiger partial charge in [-0.15, -0.1) is 0 Å². The molecule has 2 heterocycles. The van der Waals surface area contributed by atoms with Gasteiger partial charge < -0.3 is 15.0 Å². The second-order valence-corrected chi connectivity index (χ2v) is 6.74. The fraction of sp³-hybridized carbons (Fsp3) is 0.688. The Kier molecular flexibility index (Phi) is 4.35. The van der Waals surface area contributed by atoms with Crippen LogP contribution in [0.1, 0.15) is 40.2 Å². The molecule has 0 spiro atoms. The van der Waals surface area contributed by atoms with Crippen molar-refractivity contribution in [2.24, 2.45) is 0 Å². The molecule has 0 radical (unpaired) electrons. The monoisotopic (exact) mass is 277 g/mol. The lowest BCUT2D eigenvalue weighted by Gasteiger charge is -2.48. The molecule has 0 bridgehead atoms. The Morgan fingerprint density at radius 3 is 2.50 bits per heavy atom. The zero-order valence-corrected chi connectivity index (χ0v) is 13.4. The Morgan fingerprint density at radius 1 is 1.25 bits per heavy atom. The second-order valence-electron chi connectivity index (χ2n) is 6.74. The van der Waals surface area contributed by atoms with E-state index in [-0.39, 0.29) is 11.2 Å². The van der Waals surface area contributed by atoms with E-state index < -0.39 is 0 Å². The van der Waals surface area contributed by atoms with E-state index in [4.69, 9.17) is 4.74 Å². The van der Waals surface area contributed by atoms with Gasteiger partial charge in [-0.2, -0.15) is 0 Å². The van der Waals surface area contributed by atoms with Crippen LogP contribution >= 0.6 is 0 Å². The quantitative estimate of drug-likeness (QED) is 0.918. The molecule has 1 fully saturated rings. The molecule has 0 atom stereocenters. The van der Waals surface area contributed by atoms with Gasteiger partial charge in [0.05, 0.1) is 11.2 Å². The summed E-state index contributed by atoms with van der Waals surface area (Å²) < 4.78 is 6.15. The van der Waals surface area contributed by atoms with Crippen LogP contribution in [-0.2, 0) is 11.3 Å². The van der Waals surface area contributed by atoms with Gasteiger partial charge in [0.25, 0.3) is 0 Å². The highest BCUT2D eigenvalue weighted by molar-refractivity contribution is 5.48. The summed E-state index contributed by atoms with van der Waals surface area (Å²) in [6.45, 7) is 14.3. The minimum Gasteiger partial charge on any atom is -0.366 e. The Balaban J connectivity index is 2.26. The zero-order valence-electron chi connectivity index (χ0n) is 13.4. The van der Waals surface area contributed by atoms with Crippen LogP contribution in [0.25, 0.3) is 0 Å². The van der Waals surface area contributed by atoms with Gasteiger partial charge in [0.15, 0.2) is 0 Å². The molecule has 0 saturated carbocycles. The number of morpholine rings is 1. The predicted molar refractivity (Wildman–Crippen MR) is 83.1 cm³/mol. The fourth-order valence-electron chi connectivity index (χ4n) is 3.05. The first-order chi connectivity index (χ1) is 9.33. The summed E-state index contributed by atoms with van der Waals surface area (Å²) in [5, 5.41) is 3.39. The van der Waals surface area contributed by atoms with E-state index in [2.05, 4.69) is 55.9 Å². The molecule has 1 aromatic rings. The average molecular weight is 277 g/mol. The Hall–Kier alpha value is -1.13. The molecular formula is C16H27N3O. The standard InChI is InChI=1S/C16H27N3O/c1-6-17-10-13-8-7-9-18-14(13)19-11-15(2,3)20-16(4,5)12-19/h7-9,17H,6,10-12H2,1-5H3. The number of nitrogens with one attached hydrogen (secondary N) is 1. The molecule has 20 heavy (non-hydrogen) atoms. The number of ether oxygens (including phenoxy) is 1. The lowest BCUT2D eigenvalue weighted by atomic mass is 9.98. The maximum atomic E-state index is 6.15. The first kappa shape index (κ1) is 15.3. The van der Waals surface area contributed by atoms with Crippen LogP contribution in [0.2, 0.25) is 0 Å². The van der Waals surface area contributed by atoms with Gasteiger partial charge in [0.1, 0.15) is 5.82 Å². The van der Waals surface area contributed by atoms with Crippen molar-refractivity contribution in [3.05, 3.63) is 23.9 Å². The zero-order chi connectivity index (χ0) is 14.8. The lowest BCUT2D eigenvalue weighted by molar-refractivity contribution is -0.133. The topological polar surface area (TPSA) is 37.4 Å². The van der Waals surface area contributed by atoms with Crippen LogP contribution in [0.4, 0.5) is 5.82 Å². The third-order valence-corrected chi connectivity index (χ3v) is 3.43. The van der Waals surface area contributed by atoms with Crippen molar-refractivity contribution in [1.82, 2.24) is 10.3 Å². The summed E-state index contributed by atoms with van der Waals surface area (Å²) in [4.78, 5) is 6.97. The predicted octanol–water partition coefficient (Wildman–Crippen LogP) is 2.58. The maximum absolute atomic E-state index is 6.15. The molecule has 1 saturated heterocycles. The van der Waals surface area contributed by atoms with Crippen molar-refractivity contribution in [2.75, 3.05) is 24.5 Å². The first-order valence-electron chi connectivity index (χ1n) is 7.43. The molecule has 1 aliphatic rings. The molecule has 1 N–H and O–H groups in total. The molecule has 112 valence electrons. The third kappa shape index (κ3) is 3.70. The summed E-state index contributed by atoms with van der Waals surface area (Å²) in [5.74, 6) is 1.08. The summed E-state index contributed by atoms with van der Waals surface area (Å²) in [6, 6.07) is 4.16. The highest BCUT2D eigenvalue weighted by Gasteiger charge is 2.39. The average Bonchev–Trinajstić information content (AvgIpc) is 2.33. The van der Waals surface area contributed by atoms with Gasteiger partial charge in [-0.05, 0) is 40.3 Å². The normalized spacial score (nSPS) is 20.9. The van der Waals surface area contributed by atoms with Crippen LogP contribution in [0.15, 0.2) is 18.3 Å². The van der Waals surface area contributed by atoms with Crippen LogP contribution in [0.5, 0.6) is 0 Å². The van der Waals surface area contributed by atoms with Gasteiger partial charge in [-0.3, -0.25) is 0 Å². The van der Waals surface area contributed by atoms with E-state index >= 15 is 0 Å². The summed E-state index contributed by atoms with van der Waals surface area (Å²) >= 11 is 0. The van der Waals surface area contributed by atoms with Crippen molar-refractivity contribution in [2.45, 2.75) is 52.4 Å². The number of anilines is 1. The number of hydrogen-bond donors (Lipinski definition) is 1. The molecule has 2 rings (SSSR count). The number of nitrogens with zero attached hydrogens (tertiary/aromatic N) is 2. The van der Waals surface area contributed by atoms with Crippen molar-refractivity contribution in [1.29, 1.82) is 0 Å². The Morgan fingerprint density at radius 2 is 1.90 bits per heavy atom. The molecule has 0 unspecified atom stereocenters. The van der Waals surface area contributed by atoms with Crippen LogP contribution in [0, 0.1) is 0 Å². The smallest absolute Gasteiger partial charge is 0.133 e. The van der Waals surface area contributed by atoms with Crippen LogP contribution in [0.3, 0.4) is 0 Å². The second kappa shape index (κ2) is 5.70. The summed E-state index contributed by atoms with van der Waals surface area (Å²) in [6.07, 6.45) is 1.88. The van der Waals surface area contributed by atoms with Gasteiger partial charge in [-0.1, -0.05) is 13.0 Å². The van der Waals surface area contributed by atoms with E-state index in [9.17, 15) is 0 Å². The van der Waals surface area contributed by atoms with Gasteiger partial charge in [0.2, 0.25) is 0 Å². The van der Waals surface area contributed by atoms with Gasteiger partial charge in [-0.25, -0.2) is 4.98 Å². The van der Waals surface area contributed by atoms with Crippen LogP contribution < -0.4 is 10.2 Å². The molecule has 1 aromatic heterocycles. The highest BCUT2D eigenvalue weighted by atomic mass is 16.5. The summed E-state index contributed by atoms with van der Waals surface area (Å²) in [5.41, 5.74) is 0.937. The minimum atomic E-state index is -0.158. The molecule has 4 nitrogen and oxygen atoms in total. The maximum Gasteiger partial charge on any atom is 0.133 e. The number of rotatable bonds is 4. The largest absolute Gasteiger partial charge is 0.366 e. The van der Waals surface area contributed by atoms with E-state index in [1.807, 2.05) is 12.3 Å². The molecule has 0 amide bonds. The Bertz CT molecular complexity index is 441. The molecule has 0 aromatic carbocycles. The summed E-state index contributed by atoms with van der Waals surface area (Å²) in [7, 11) is 0. The van der Waals surface area contributed by atoms with Crippen LogP contribution in [-0.4, -0.2) is 35.8 Å². The number of aromatic nitrogens is 1. The van der Waals surface area contributed by atoms with Gasteiger partial charge >= 0.3 is 0 Å². The van der Waals surface area contributed by atoms with Crippen molar-refractivity contribution in [3.8, 4) is 0 Å². The number of hydrogen-bond acceptors (Lipinski definition) is 4. The number of pyridine rings is 1. The van der Waals surface area contributed by atoms with E-state index in [0.29, 0.717) is 0 Å². The van der Waals surface area contributed by atoms with Gasteiger partial charge in [0, 0.05) is 31.4 Å². The van der Waals surface area contributed by atoms with Crippen molar-refractivity contribution in [3.63, 3.8) is 0 Å². The van der Waals surface area contributed by atoms with E-state index in [1.54, 1.807) is 0 Å². The lowest BCUT2D eigenvalue weighted by Crippen LogP contribution is -2.57. The van der Waals surface area contributed by atoms with E-state index in [1.165, 1.54) is 5.56 Å². The SMILES string of the molecule is CCNCc1cccnc1N1CC(C)(C)OC(C)(C)C1. The van der Waals surface area contributed by atoms with Crippen molar-refractivity contribution < 1.29 is 4.74 Å². The molecular weight excluding hydrogens is 250 g/mol. The third-order valence-electron chi connectivity index (χ3n) is 3.43. The van der Waals surface area contributed by atoms with E-state index in [0.717, 1.165) is 32.0 Å². The minimum absolute atomic E-state index is 0.158. The fourth-order valence-corrected chi connectivity index (χ4v) is 3.05. The molecule has 1 aliphatic heterocycles. The Labute approximate surface area is 122 Å². The molecule has 4 heteroatoms. The van der Waals surface area contributed by atoms with Crippen molar-refractivity contribution >= 4 is 5.82 Å². The first-order valence-corrected chi connectivity index (χ1v) is 7.43. The molecule has 0 aliphatic carbocycles.